The Labute approximate surface area is 123 Å². The fourth-order valence-corrected chi connectivity index (χ4v) is 3.52. The Morgan fingerprint density at radius 1 is 1.00 bits per heavy atom. The second kappa shape index (κ2) is 7.73. The molecule has 1 saturated carbocycles. The van der Waals surface area contributed by atoms with Crippen LogP contribution in [-0.2, 0) is 10.0 Å². The largest absolute Gasteiger partial charge is 0.314 e. The zero-order valence-electron chi connectivity index (χ0n) is 12.7. The summed E-state index contributed by atoms with van der Waals surface area (Å²) in [7, 11) is -2.99. The van der Waals surface area contributed by atoms with Gasteiger partial charge in [-0.15, -0.1) is 0 Å². The van der Waals surface area contributed by atoms with E-state index in [-0.39, 0.29) is 0 Å². The van der Waals surface area contributed by atoms with Crippen molar-refractivity contribution < 1.29 is 8.42 Å². The van der Waals surface area contributed by atoms with Crippen molar-refractivity contribution >= 4 is 10.0 Å². The van der Waals surface area contributed by atoms with Crippen LogP contribution in [0.2, 0.25) is 0 Å². The van der Waals surface area contributed by atoms with Crippen molar-refractivity contribution in [3.05, 3.63) is 0 Å². The minimum atomic E-state index is -2.99. The molecule has 20 heavy (non-hydrogen) atoms. The lowest BCUT2D eigenvalue weighted by Gasteiger charge is -2.33. The van der Waals surface area contributed by atoms with Gasteiger partial charge in [0.05, 0.1) is 6.26 Å². The van der Waals surface area contributed by atoms with Gasteiger partial charge < -0.3 is 10.2 Å². The van der Waals surface area contributed by atoms with E-state index in [2.05, 4.69) is 10.2 Å². The zero-order valence-corrected chi connectivity index (χ0v) is 13.5. The summed E-state index contributed by atoms with van der Waals surface area (Å²) in [6.07, 6.45) is 9.18. The molecule has 0 amide bonds. The topological polar surface area (TPSA) is 52.7 Å². The van der Waals surface area contributed by atoms with Gasteiger partial charge in [-0.05, 0) is 38.8 Å². The molecule has 1 N–H and O–H groups in total. The van der Waals surface area contributed by atoms with E-state index in [1.165, 1.54) is 51.3 Å². The molecule has 0 bridgehead atoms. The zero-order chi connectivity index (χ0) is 14.4. The Balaban J connectivity index is 1.44. The Morgan fingerprint density at radius 3 is 2.25 bits per heavy atom. The molecule has 0 spiro atoms. The normalized spacial score (nSPS) is 22.2. The fraction of sp³-hybridized carbons (Fsp3) is 1.00. The maximum atomic E-state index is 11.4. The first-order valence-corrected chi connectivity index (χ1v) is 9.81. The van der Waals surface area contributed by atoms with E-state index in [0.29, 0.717) is 13.1 Å². The molecule has 1 aliphatic carbocycles. The fourth-order valence-electron chi connectivity index (χ4n) is 2.69. The van der Waals surface area contributed by atoms with Gasteiger partial charge in [0, 0.05) is 32.2 Å². The number of piperazine rings is 1. The summed E-state index contributed by atoms with van der Waals surface area (Å²) in [5.41, 5.74) is 0. The van der Waals surface area contributed by atoms with E-state index in [9.17, 15) is 8.42 Å². The number of nitrogens with one attached hydrogen (secondary N) is 1. The van der Waals surface area contributed by atoms with Gasteiger partial charge >= 0.3 is 0 Å². The number of unbranched alkanes of at least 4 members (excludes halogenated alkanes) is 3. The van der Waals surface area contributed by atoms with Crippen LogP contribution in [0.4, 0.5) is 0 Å². The Hall–Kier alpha value is -0.170. The van der Waals surface area contributed by atoms with Crippen molar-refractivity contribution in [2.45, 2.75) is 44.6 Å². The van der Waals surface area contributed by atoms with E-state index in [4.69, 9.17) is 0 Å². The highest BCUT2D eigenvalue weighted by atomic mass is 32.2. The van der Waals surface area contributed by atoms with Crippen LogP contribution in [0.15, 0.2) is 0 Å². The van der Waals surface area contributed by atoms with Crippen molar-refractivity contribution in [2.75, 3.05) is 45.5 Å². The molecular formula is C14H29N3O2S. The second-order valence-electron chi connectivity index (χ2n) is 6.15. The van der Waals surface area contributed by atoms with Crippen molar-refractivity contribution in [1.29, 1.82) is 0 Å². The lowest BCUT2D eigenvalue weighted by molar-refractivity contribution is 0.186. The monoisotopic (exact) mass is 303 g/mol. The van der Waals surface area contributed by atoms with Gasteiger partial charge in [-0.1, -0.05) is 12.8 Å². The Morgan fingerprint density at radius 2 is 1.65 bits per heavy atom. The molecule has 2 fully saturated rings. The molecular weight excluding hydrogens is 274 g/mol. The minimum absolute atomic E-state index is 0.657. The van der Waals surface area contributed by atoms with Gasteiger partial charge in [-0.2, -0.15) is 4.31 Å². The minimum Gasteiger partial charge on any atom is -0.314 e. The molecule has 1 heterocycles. The Bertz CT molecular complexity index is 374. The lowest BCUT2D eigenvalue weighted by atomic mass is 10.2. The standard InChI is InChI=1S/C14H29N3O2S/c1-20(18,19)17-12-10-16(11-13-17)9-5-3-2-4-8-15-14-6-7-14/h14-15H,2-13H2,1H3. The summed E-state index contributed by atoms with van der Waals surface area (Å²) >= 11 is 0. The molecule has 0 radical (unpaired) electrons. The van der Waals surface area contributed by atoms with Crippen LogP contribution in [0.1, 0.15) is 38.5 Å². The number of rotatable bonds is 9. The molecule has 6 heteroatoms. The average Bonchev–Trinajstić information content (AvgIpc) is 3.21. The molecule has 5 nitrogen and oxygen atoms in total. The van der Waals surface area contributed by atoms with E-state index in [1.807, 2.05) is 0 Å². The molecule has 2 aliphatic rings. The first kappa shape index (κ1) is 16.2. The first-order valence-electron chi connectivity index (χ1n) is 7.96. The molecule has 0 aromatic rings. The molecule has 0 aromatic carbocycles. The van der Waals surface area contributed by atoms with Gasteiger partial charge in [0.15, 0.2) is 0 Å². The molecule has 2 rings (SSSR count). The van der Waals surface area contributed by atoms with Crippen LogP contribution >= 0.6 is 0 Å². The van der Waals surface area contributed by atoms with Crippen LogP contribution in [0.3, 0.4) is 0 Å². The van der Waals surface area contributed by atoms with E-state index in [1.54, 1.807) is 4.31 Å². The summed E-state index contributed by atoms with van der Waals surface area (Å²) in [6, 6.07) is 0.834. The van der Waals surface area contributed by atoms with Crippen LogP contribution in [0, 0.1) is 0 Å². The van der Waals surface area contributed by atoms with E-state index < -0.39 is 10.0 Å². The van der Waals surface area contributed by atoms with Gasteiger partial charge in [0.2, 0.25) is 10.0 Å². The molecule has 0 aromatic heterocycles. The van der Waals surface area contributed by atoms with Crippen LogP contribution in [0.25, 0.3) is 0 Å². The predicted molar refractivity (Wildman–Crippen MR) is 82.3 cm³/mol. The van der Waals surface area contributed by atoms with Crippen molar-refractivity contribution in [3.8, 4) is 0 Å². The summed E-state index contributed by atoms with van der Waals surface area (Å²) in [5.74, 6) is 0. The first-order chi connectivity index (χ1) is 9.55. The summed E-state index contributed by atoms with van der Waals surface area (Å²) < 4.78 is 24.4. The SMILES string of the molecule is CS(=O)(=O)N1CCN(CCCCCCNC2CC2)CC1. The highest BCUT2D eigenvalue weighted by Gasteiger charge is 2.22. The lowest BCUT2D eigenvalue weighted by Crippen LogP contribution is -2.48. The van der Waals surface area contributed by atoms with Crippen LogP contribution < -0.4 is 5.32 Å². The number of sulfonamides is 1. The molecule has 1 saturated heterocycles. The highest BCUT2D eigenvalue weighted by Crippen LogP contribution is 2.18. The number of hydrogen-bond acceptors (Lipinski definition) is 4. The van der Waals surface area contributed by atoms with Crippen molar-refractivity contribution in [2.24, 2.45) is 0 Å². The van der Waals surface area contributed by atoms with Crippen LogP contribution in [-0.4, -0.2) is 69.2 Å². The Kier molecular flexibility index (Phi) is 6.26. The van der Waals surface area contributed by atoms with Gasteiger partial charge in [0.25, 0.3) is 0 Å². The smallest absolute Gasteiger partial charge is 0.211 e. The molecule has 1 aliphatic heterocycles. The summed E-state index contributed by atoms with van der Waals surface area (Å²) in [5, 5.41) is 3.54. The van der Waals surface area contributed by atoms with Gasteiger partial charge in [-0.25, -0.2) is 8.42 Å². The van der Waals surface area contributed by atoms with Gasteiger partial charge in [-0.3, -0.25) is 0 Å². The maximum Gasteiger partial charge on any atom is 0.211 e. The third-order valence-electron chi connectivity index (χ3n) is 4.21. The predicted octanol–water partition coefficient (Wildman–Crippen LogP) is 0.876. The quantitative estimate of drug-likeness (QED) is 0.642. The van der Waals surface area contributed by atoms with Crippen molar-refractivity contribution in [3.63, 3.8) is 0 Å². The second-order valence-corrected chi connectivity index (χ2v) is 8.13. The van der Waals surface area contributed by atoms with E-state index >= 15 is 0 Å². The van der Waals surface area contributed by atoms with Crippen LogP contribution in [0.5, 0.6) is 0 Å². The number of hydrogen-bond donors (Lipinski definition) is 1. The molecule has 118 valence electrons. The molecule has 0 unspecified atom stereocenters. The highest BCUT2D eigenvalue weighted by molar-refractivity contribution is 7.88. The summed E-state index contributed by atoms with van der Waals surface area (Å²) in [6.45, 7) is 5.38. The van der Waals surface area contributed by atoms with Crippen molar-refractivity contribution in [1.82, 2.24) is 14.5 Å². The molecule has 0 atom stereocenters. The third-order valence-corrected chi connectivity index (χ3v) is 5.51. The van der Waals surface area contributed by atoms with Gasteiger partial charge in [0.1, 0.15) is 0 Å². The average molecular weight is 303 g/mol. The third kappa shape index (κ3) is 6.08. The number of nitrogens with zero attached hydrogens (tertiary/aromatic N) is 2. The van der Waals surface area contributed by atoms with E-state index in [0.717, 1.165) is 25.7 Å². The summed E-state index contributed by atoms with van der Waals surface area (Å²) in [4.78, 5) is 2.39. The maximum absolute atomic E-state index is 11.4.